The van der Waals surface area contributed by atoms with Gasteiger partial charge in [-0.2, -0.15) is 0 Å². The van der Waals surface area contributed by atoms with Gasteiger partial charge in [0.05, 0.1) is 5.69 Å². The molecule has 1 aliphatic heterocycles. The molecule has 4 heteroatoms. The summed E-state index contributed by atoms with van der Waals surface area (Å²) in [6.45, 7) is 0. The third-order valence-electron chi connectivity index (χ3n) is 2.15. The highest BCUT2D eigenvalue weighted by Crippen LogP contribution is 2.31. The van der Waals surface area contributed by atoms with Crippen LogP contribution in [0.4, 0.5) is 10.1 Å². The summed E-state index contributed by atoms with van der Waals surface area (Å²) in [5, 5.41) is 12.7. The summed E-state index contributed by atoms with van der Waals surface area (Å²) in [6, 6.07) is 4.85. The van der Waals surface area contributed by atoms with Crippen molar-refractivity contribution in [3.63, 3.8) is 0 Å². The summed E-state index contributed by atoms with van der Waals surface area (Å²) in [5.41, 5.74) is 2.06. The second kappa shape index (κ2) is 3.71. The molecule has 0 spiro atoms. The van der Waals surface area contributed by atoms with Gasteiger partial charge in [0.25, 0.3) is 0 Å². The van der Waals surface area contributed by atoms with E-state index in [1.807, 2.05) is 6.07 Å². The van der Waals surface area contributed by atoms with Crippen molar-refractivity contribution in [2.75, 3.05) is 10.6 Å². The van der Waals surface area contributed by atoms with Gasteiger partial charge in [-0.05, 0) is 17.7 Å². The van der Waals surface area contributed by atoms with Crippen LogP contribution >= 0.6 is 15.9 Å². The first kappa shape index (κ1) is 9.68. The molecule has 0 saturated carbocycles. The number of aliphatic hydroxyl groups excluding tert-OH is 1. The molecule has 0 amide bonds. The molecule has 0 saturated heterocycles. The molecule has 74 valence electrons. The maximum Gasteiger partial charge on any atom is 0.146 e. The Balaban J connectivity index is 2.56. The Morgan fingerprint density at radius 2 is 2.29 bits per heavy atom. The Hall–Kier alpha value is -0.870. The molecule has 0 radical (unpaired) electrons. The third-order valence-corrected chi connectivity index (χ3v) is 2.76. The minimum atomic E-state index is -0.813. The molecule has 2 rings (SSSR count). The molecule has 0 bridgehead atoms. The number of fused-ring (bicyclic) bond motifs is 1. The lowest BCUT2D eigenvalue weighted by atomic mass is 10.0. The van der Waals surface area contributed by atoms with Crippen molar-refractivity contribution in [3.8, 4) is 0 Å². The largest absolute Gasteiger partial charge is 0.370 e. The molecule has 0 fully saturated rings. The average Bonchev–Trinajstić information content (AvgIpc) is 2.18. The average molecular weight is 258 g/mol. The van der Waals surface area contributed by atoms with Gasteiger partial charge < -0.3 is 10.4 Å². The minimum Gasteiger partial charge on any atom is -0.370 e. The van der Waals surface area contributed by atoms with Crippen LogP contribution in [0.25, 0.3) is 5.57 Å². The van der Waals surface area contributed by atoms with Crippen molar-refractivity contribution in [1.82, 2.24) is 0 Å². The third kappa shape index (κ3) is 1.55. The number of hydrogen-bond acceptors (Lipinski definition) is 2. The van der Waals surface area contributed by atoms with Gasteiger partial charge in [-0.1, -0.05) is 28.1 Å². The zero-order chi connectivity index (χ0) is 10.1. The maximum absolute atomic E-state index is 13.3. The zero-order valence-electron chi connectivity index (χ0n) is 7.30. The minimum absolute atomic E-state index is 0.340. The highest BCUT2D eigenvalue weighted by molar-refractivity contribution is 9.09. The predicted octanol–water partition coefficient (Wildman–Crippen LogP) is 2.35. The summed E-state index contributed by atoms with van der Waals surface area (Å²) < 4.78 is 13.3. The fraction of sp³-hybridized carbons (Fsp3) is 0.200. The quantitative estimate of drug-likeness (QED) is 0.758. The Morgan fingerprint density at radius 1 is 1.50 bits per heavy atom. The Labute approximate surface area is 89.6 Å². The zero-order valence-corrected chi connectivity index (χ0v) is 8.88. The van der Waals surface area contributed by atoms with E-state index in [2.05, 4.69) is 21.2 Å². The highest BCUT2D eigenvalue weighted by atomic mass is 79.9. The van der Waals surface area contributed by atoms with Crippen molar-refractivity contribution in [2.45, 2.75) is 6.23 Å². The topological polar surface area (TPSA) is 32.3 Å². The normalized spacial score (nSPS) is 19.6. The van der Waals surface area contributed by atoms with Gasteiger partial charge >= 0.3 is 0 Å². The molecule has 1 aromatic carbocycles. The number of rotatable bonds is 1. The smallest absolute Gasteiger partial charge is 0.146 e. The molecule has 2 nitrogen and oxygen atoms in total. The Kier molecular flexibility index (Phi) is 2.56. The van der Waals surface area contributed by atoms with Crippen molar-refractivity contribution in [3.05, 3.63) is 35.7 Å². The molecule has 0 aromatic heterocycles. The van der Waals surface area contributed by atoms with E-state index in [-0.39, 0.29) is 5.82 Å². The van der Waals surface area contributed by atoms with Crippen LogP contribution in [0.2, 0.25) is 0 Å². The van der Waals surface area contributed by atoms with E-state index in [4.69, 9.17) is 0 Å². The number of halogens is 2. The van der Waals surface area contributed by atoms with Crippen LogP contribution in [0.15, 0.2) is 24.3 Å². The molecule has 14 heavy (non-hydrogen) atoms. The summed E-state index contributed by atoms with van der Waals surface area (Å²) in [5.74, 6) is -0.340. The monoisotopic (exact) mass is 257 g/mol. The molecule has 2 N–H and O–H groups in total. The van der Waals surface area contributed by atoms with Crippen LogP contribution in [0.5, 0.6) is 0 Å². The van der Waals surface area contributed by atoms with Crippen molar-refractivity contribution >= 4 is 27.2 Å². The van der Waals surface area contributed by atoms with E-state index >= 15 is 0 Å². The summed E-state index contributed by atoms with van der Waals surface area (Å²) in [7, 11) is 0. The molecule has 1 aromatic rings. The fourth-order valence-electron chi connectivity index (χ4n) is 1.52. The van der Waals surface area contributed by atoms with E-state index < -0.39 is 6.23 Å². The standard InChI is InChI=1S/C10H9BrFNO/c11-5-6-4-9(14)13-10-7(6)2-1-3-8(10)12/h1-4,9,13-14H,5H2. The van der Waals surface area contributed by atoms with Gasteiger partial charge in [0, 0.05) is 10.9 Å². The van der Waals surface area contributed by atoms with Crippen LogP contribution in [-0.2, 0) is 0 Å². The molecule has 1 unspecified atom stereocenters. The molecule has 1 atom stereocenters. The van der Waals surface area contributed by atoms with Crippen LogP contribution in [0.1, 0.15) is 5.56 Å². The van der Waals surface area contributed by atoms with E-state index in [0.29, 0.717) is 11.0 Å². The van der Waals surface area contributed by atoms with E-state index in [0.717, 1.165) is 11.1 Å². The van der Waals surface area contributed by atoms with Crippen molar-refractivity contribution < 1.29 is 9.50 Å². The molecule has 1 aliphatic rings. The number of para-hydroxylation sites is 1. The van der Waals surface area contributed by atoms with Crippen LogP contribution in [0.3, 0.4) is 0 Å². The van der Waals surface area contributed by atoms with Crippen LogP contribution in [0, 0.1) is 5.82 Å². The second-order valence-corrected chi connectivity index (χ2v) is 3.64. The lowest BCUT2D eigenvalue weighted by molar-refractivity contribution is 0.251. The Morgan fingerprint density at radius 3 is 3.00 bits per heavy atom. The second-order valence-electron chi connectivity index (χ2n) is 3.08. The van der Waals surface area contributed by atoms with Gasteiger partial charge in [0.2, 0.25) is 0 Å². The van der Waals surface area contributed by atoms with Crippen molar-refractivity contribution in [1.29, 1.82) is 0 Å². The van der Waals surface area contributed by atoms with Gasteiger partial charge in [0.1, 0.15) is 12.0 Å². The summed E-state index contributed by atoms with van der Waals surface area (Å²) >= 11 is 3.30. The number of benzene rings is 1. The first-order valence-electron chi connectivity index (χ1n) is 4.22. The number of alkyl halides is 1. The van der Waals surface area contributed by atoms with Crippen molar-refractivity contribution in [2.24, 2.45) is 0 Å². The number of anilines is 1. The number of allylic oxidation sites excluding steroid dienone is 1. The first-order chi connectivity index (χ1) is 6.72. The van der Waals surface area contributed by atoms with Crippen LogP contribution in [-0.4, -0.2) is 16.7 Å². The SMILES string of the molecule is OC1C=C(CBr)c2cccc(F)c2N1. The van der Waals surface area contributed by atoms with E-state index in [1.165, 1.54) is 6.07 Å². The molecular formula is C10H9BrFNO. The molecule has 0 aliphatic carbocycles. The van der Waals surface area contributed by atoms with E-state index in [1.54, 1.807) is 12.1 Å². The highest BCUT2D eigenvalue weighted by Gasteiger charge is 2.18. The lowest BCUT2D eigenvalue weighted by Gasteiger charge is -2.22. The van der Waals surface area contributed by atoms with Gasteiger partial charge in [-0.3, -0.25) is 0 Å². The van der Waals surface area contributed by atoms with Gasteiger partial charge in [-0.25, -0.2) is 4.39 Å². The number of aliphatic hydroxyl groups is 1. The van der Waals surface area contributed by atoms with Gasteiger partial charge in [-0.15, -0.1) is 0 Å². The molecular weight excluding hydrogens is 249 g/mol. The fourth-order valence-corrected chi connectivity index (χ4v) is 2.01. The first-order valence-corrected chi connectivity index (χ1v) is 5.34. The maximum atomic E-state index is 13.3. The van der Waals surface area contributed by atoms with Crippen LogP contribution < -0.4 is 5.32 Å². The number of hydrogen-bond donors (Lipinski definition) is 2. The van der Waals surface area contributed by atoms with Gasteiger partial charge in [0.15, 0.2) is 0 Å². The lowest BCUT2D eigenvalue weighted by Crippen LogP contribution is -2.22. The summed E-state index contributed by atoms with van der Waals surface area (Å²) in [4.78, 5) is 0. The number of nitrogens with one attached hydrogen (secondary N) is 1. The molecule has 1 heterocycles. The van der Waals surface area contributed by atoms with E-state index in [9.17, 15) is 9.50 Å². The summed E-state index contributed by atoms with van der Waals surface area (Å²) in [6.07, 6.45) is 0.850. The predicted molar refractivity (Wildman–Crippen MR) is 57.8 cm³/mol. The Bertz CT molecular complexity index is 392.